The van der Waals surface area contributed by atoms with Crippen LogP contribution in [0, 0.1) is 0 Å². The molecule has 1 N–H and O–H groups in total. The Morgan fingerprint density at radius 1 is 0.462 bits per heavy atom. The number of likely N-dealkylation sites (N-methyl/N-ethyl adjacent to an activating group) is 1. The Morgan fingerprint density at radius 2 is 0.821 bits per heavy atom. The minimum Gasteiger partial charge on any atom is -0.756 e. The van der Waals surface area contributed by atoms with Crippen LogP contribution in [0.5, 0.6) is 0 Å². The lowest BCUT2D eigenvalue weighted by molar-refractivity contribution is -0.870. The number of carbonyl (C=O) groups is 2. The Hall–Kier alpha value is -3.33. The van der Waals surface area contributed by atoms with Gasteiger partial charge in [0.1, 0.15) is 19.3 Å². The first-order valence-corrected chi connectivity index (χ1v) is 33.2. The number of unbranched alkanes of at least 4 members (excludes halogenated alkanes) is 24. The number of phosphoric ester groups is 1. The lowest BCUT2D eigenvalue weighted by atomic mass is 10.0. The molecule has 1 amide bonds. The van der Waals surface area contributed by atoms with E-state index in [2.05, 4.69) is 123 Å². The van der Waals surface area contributed by atoms with Crippen LogP contribution >= 0.6 is 7.82 Å². The summed E-state index contributed by atoms with van der Waals surface area (Å²) < 4.78 is 30.3. The van der Waals surface area contributed by atoms with Crippen LogP contribution in [0.25, 0.3) is 0 Å². The van der Waals surface area contributed by atoms with Gasteiger partial charge in [-0.15, -0.1) is 0 Å². The van der Waals surface area contributed by atoms with Gasteiger partial charge in [0, 0.05) is 12.8 Å². The van der Waals surface area contributed by atoms with Gasteiger partial charge in [0.05, 0.1) is 33.8 Å². The van der Waals surface area contributed by atoms with Gasteiger partial charge in [-0.05, 0) is 115 Å². The van der Waals surface area contributed by atoms with Gasteiger partial charge in [-0.2, -0.15) is 0 Å². The molecule has 0 heterocycles. The Kier molecular flexibility index (Phi) is 54.5. The fraction of sp³-hybridized carbons (Fsp3) is 0.706. The number of quaternary nitrogens is 1. The molecule has 0 spiro atoms. The SMILES string of the molecule is CC/C=C\C/C=C\C/C=C\C/C=C\C/C=C\C/C=C\CCCCC(=O)NC(COP(=O)([O-])OCC[N+](C)(C)C)C(/C=C/CCCCCCCCCCCC)OC(=O)CCCCCCCCCCC/C=C\C/C=C\CCCCC. The quantitative estimate of drug-likeness (QED) is 0.0212. The standard InChI is InChI=1S/C68H119N2O7P/c1-7-10-13-16-19-22-25-28-30-32-34-35-37-38-40-42-45-48-51-54-57-60-67(71)69-65(64-76-78(73,74)75-63-62-70(4,5)6)66(59-56-53-50-47-44-27-24-21-18-15-12-9-3)77-68(72)61-58-55-52-49-46-43-41-39-36-33-31-29-26-23-20-17-14-11-8-2/h10,13,19-20,22-23,28-31,34-35,38,40,45,48,56,59,65-66H,7-9,11-12,14-18,21,24-27,32-33,36-37,39,41-44,46-47,49-55,57-58,60-64H2,1-6H3,(H-,69,71,73,74)/b13-10-,22-19-,23-20-,30-28-,31-29-,35-34-,40-38-,48-45-,59-56+. The topological polar surface area (TPSA) is 114 Å². The third-order valence-corrected chi connectivity index (χ3v) is 14.4. The molecule has 10 heteroatoms. The molecule has 0 saturated carbocycles. The van der Waals surface area contributed by atoms with Crippen molar-refractivity contribution in [1.82, 2.24) is 5.32 Å². The van der Waals surface area contributed by atoms with Gasteiger partial charge in [-0.1, -0.05) is 240 Å². The molecular formula is C68H119N2O7P. The van der Waals surface area contributed by atoms with Crippen molar-refractivity contribution < 1.29 is 37.3 Å². The number of ether oxygens (including phenoxy) is 1. The van der Waals surface area contributed by atoms with E-state index in [1.807, 2.05) is 33.3 Å². The minimum atomic E-state index is -4.72. The normalized spacial score (nSPS) is 14.4. The van der Waals surface area contributed by atoms with Gasteiger partial charge in [-0.3, -0.25) is 14.2 Å². The number of hydrogen-bond donors (Lipinski definition) is 1. The van der Waals surface area contributed by atoms with Crippen molar-refractivity contribution in [2.75, 3.05) is 40.9 Å². The molecular weight excluding hydrogens is 988 g/mol. The maximum absolute atomic E-state index is 13.5. The Morgan fingerprint density at radius 3 is 1.27 bits per heavy atom. The predicted octanol–water partition coefficient (Wildman–Crippen LogP) is 19.1. The van der Waals surface area contributed by atoms with E-state index >= 15 is 0 Å². The van der Waals surface area contributed by atoms with Gasteiger partial charge < -0.3 is 28.5 Å². The molecule has 0 aliphatic rings. The fourth-order valence-corrected chi connectivity index (χ4v) is 9.28. The zero-order valence-electron chi connectivity index (χ0n) is 51.1. The summed E-state index contributed by atoms with van der Waals surface area (Å²) in [7, 11) is 1.14. The van der Waals surface area contributed by atoms with Crippen LogP contribution < -0.4 is 10.2 Å². The largest absolute Gasteiger partial charge is 0.756 e. The second-order valence-electron chi connectivity index (χ2n) is 22.2. The molecule has 0 aliphatic carbocycles. The molecule has 0 aliphatic heterocycles. The first kappa shape index (κ1) is 74.7. The number of nitrogens with one attached hydrogen (secondary N) is 1. The molecule has 0 radical (unpaired) electrons. The summed E-state index contributed by atoms with van der Waals surface area (Å²) in [5.74, 6) is -0.601. The molecule has 78 heavy (non-hydrogen) atoms. The smallest absolute Gasteiger partial charge is 0.306 e. The molecule has 0 fully saturated rings. The average molecular weight is 1110 g/mol. The van der Waals surface area contributed by atoms with Crippen molar-refractivity contribution in [3.05, 3.63) is 109 Å². The van der Waals surface area contributed by atoms with E-state index < -0.39 is 26.6 Å². The Balaban J connectivity index is 5.33. The van der Waals surface area contributed by atoms with Gasteiger partial charge in [-0.25, -0.2) is 0 Å². The highest BCUT2D eigenvalue weighted by Crippen LogP contribution is 2.38. The van der Waals surface area contributed by atoms with Crippen molar-refractivity contribution in [2.45, 2.75) is 270 Å². The number of hydrogen-bond acceptors (Lipinski definition) is 7. The van der Waals surface area contributed by atoms with Gasteiger partial charge in [0.15, 0.2) is 0 Å². The maximum Gasteiger partial charge on any atom is 0.306 e. The summed E-state index contributed by atoms with van der Waals surface area (Å²) in [6.45, 7) is 6.66. The summed E-state index contributed by atoms with van der Waals surface area (Å²) in [5.41, 5.74) is 0. The number of nitrogens with zero attached hydrogens (tertiary/aromatic N) is 1. The molecule has 0 aromatic heterocycles. The summed E-state index contributed by atoms with van der Waals surface area (Å²) in [6, 6.07) is -0.920. The van der Waals surface area contributed by atoms with Crippen LogP contribution in [0.3, 0.4) is 0 Å². The molecule has 3 unspecified atom stereocenters. The molecule has 3 atom stereocenters. The van der Waals surface area contributed by atoms with E-state index in [9.17, 15) is 19.0 Å². The van der Waals surface area contributed by atoms with Gasteiger partial charge >= 0.3 is 5.97 Å². The number of rotatable bonds is 56. The summed E-state index contributed by atoms with van der Waals surface area (Å²) in [4.78, 5) is 40.0. The molecule has 9 nitrogen and oxygen atoms in total. The number of esters is 1. The number of carbonyl (C=O) groups excluding carboxylic acids is 2. The second kappa shape index (κ2) is 56.9. The number of phosphoric acid groups is 1. The predicted molar refractivity (Wildman–Crippen MR) is 334 cm³/mol. The highest BCUT2D eigenvalue weighted by atomic mass is 31.2. The Labute approximate surface area is 481 Å². The molecule has 0 bridgehead atoms. The summed E-state index contributed by atoms with van der Waals surface area (Å²) in [5, 5.41) is 3.00. The third kappa shape index (κ3) is 57.4. The number of amides is 1. The molecule has 0 rings (SSSR count). The summed E-state index contributed by atoms with van der Waals surface area (Å²) in [6.07, 6.45) is 77.7. The summed E-state index contributed by atoms with van der Waals surface area (Å²) >= 11 is 0. The third-order valence-electron chi connectivity index (χ3n) is 13.4. The lowest BCUT2D eigenvalue weighted by Crippen LogP contribution is -2.47. The van der Waals surface area contributed by atoms with E-state index in [0.29, 0.717) is 23.9 Å². The molecule has 448 valence electrons. The first-order valence-electron chi connectivity index (χ1n) is 31.7. The monoisotopic (exact) mass is 1110 g/mol. The van der Waals surface area contributed by atoms with Gasteiger partial charge in [0.25, 0.3) is 7.82 Å². The van der Waals surface area contributed by atoms with E-state index in [0.717, 1.165) is 103 Å². The lowest BCUT2D eigenvalue weighted by Gasteiger charge is -2.30. The van der Waals surface area contributed by atoms with Crippen molar-refractivity contribution >= 4 is 19.7 Å². The van der Waals surface area contributed by atoms with Crippen molar-refractivity contribution in [2.24, 2.45) is 0 Å². The van der Waals surface area contributed by atoms with E-state index in [1.165, 1.54) is 109 Å². The van der Waals surface area contributed by atoms with Crippen molar-refractivity contribution in [1.29, 1.82) is 0 Å². The molecule has 0 aromatic carbocycles. The average Bonchev–Trinajstić information content (AvgIpc) is 3.40. The molecule has 0 saturated heterocycles. The van der Waals surface area contributed by atoms with Crippen LogP contribution in [0.2, 0.25) is 0 Å². The van der Waals surface area contributed by atoms with Crippen LogP contribution in [-0.4, -0.2) is 69.4 Å². The van der Waals surface area contributed by atoms with Crippen molar-refractivity contribution in [3.63, 3.8) is 0 Å². The Bertz CT molecular complexity index is 1700. The first-order chi connectivity index (χ1) is 37.9. The van der Waals surface area contributed by atoms with Crippen LogP contribution in [-0.2, 0) is 27.9 Å². The highest BCUT2D eigenvalue weighted by Gasteiger charge is 2.27. The zero-order chi connectivity index (χ0) is 57.2. The number of allylic oxidation sites excluding steroid dienone is 17. The van der Waals surface area contributed by atoms with Crippen LogP contribution in [0.15, 0.2) is 109 Å². The van der Waals surface area contributed by atoms with E-state index in [1.54, 1.807) is 0 Å². The highest BCUT2D eigenvalue weighted by molar-refractivity contribution is 7.45. The van der Waals surface area contributed by atoms with Gasteiger partial charge in [0.2, 0.25) is 5.91 Å². The fourth-order valence-electron chi connectivity index (χ4n) is 8.55. The van der Waals surface area contributed by atoms with E-state index in [4.69, 9.17) is 13.8 Å². The van der Waals surface area contributed by atoms with E-state index in [-0.39, 0.29) is 31.3 Å². The van der Waals surface area contributed by atoms with Crippen LogP contribution in [0.4, 0.5) is 0 Å². The minimum absolute atomic E-state index is 0.0369. The zero-order valence-corrected chi connectivity index (χ0v) is 52.0. The maximum atomic E-state index is 13.5. The molecule has 0 aromatic rings. The van der Waals surface area contributed by atoms with Crippen LogP contribution in [0.1, 0.15) is 258 Å². The van der Waals surface area contributed by atoms with Crippen molar-refractivity contribution in [3.8, 4) is 0 Å². The second-order valence-corrected chi connectivity index (χ2v) is 23.6.